The van der Waals surface area contributed by atoms with Crippen molar-refractivity contribution < 1.29 is 23.6 Å². The summed E-state index contributed by atoms with van der Waals surface area (Å²) in [6, 6.07) is 8.01. The zero-order valence-corrected chi connectivity index (χ0v) is 28.7. The summed E-state index contributed by atoms with van der Waals surface area (Å²) in [5.41, 5.74) is 0.709. The Bertz CT molecular complexity index is 1860. The van der Waals surface area contributed by atoms with Crippen molar-refractivity contribution >= 4 is 104 Å². The lowest BCUT2D eigenvalue weighted by Gasteiger charge is -2.40. The molecule has 1 fully saturated rings. The number of amides is 1. The second kappa shape index (κ2) is 12.5. The van der Waals surface area contributed by atoms with Gasteiger partial charge in [0.25, 0.3) is 5.91 Å². The summed E-state index contributed by atoms with van der Waals surface area (Å²) in [5, 5.41) is 5.40. The SMILES string of the molecule is C=C(C(=O)OCC(Cl)(Cl)Cl)c1cccc2c1c(C)cn2C(=O)c1c(-c2c(Cl)cc(Cl)cc2Cl)noc1C1(C(=O)N(C)C)CCC1. The van der Waals surface area contributed by atoms with Crippen LogP contribution in [0.25, 0.3) is 27.7 Å². The molecule has 1 aliphatic carbocycles. The highest BCUT2D eigenvalue weighted by molar-refractivity contribution is 6.67. The lowest BCUT2D eigenvalue weighted by molar-refractivity contribution is -0.139. The van der Waals surface area contributed by atoms with Crippen LogP contribution in [0.3, 0.4) is 0 Å². The molecule has 5 rings (SSSR count). The first kappa shape index (κ1) is 33.6. The molecule has 4 aromatic rings. The number of hydrogen-bond donors (Lipinski definition) is 0. The first-order valence-corrected chi connectivity index (χ1v) is 15.8. The number of benzene rings is 2. The molecule has 0 atom stereocenters. The lowest BCUT2D eigenvalue weighted by atomic mass is 9.65. The van der Waals surface area contributed by atoms with Gasteiger partial charge in [0.1, 0.15) is 23.3 Å². The quantitative estimate of drug-likeness (QED) is 0.107. The number of carbonyl (C=O) groups is 3. The number of nitrogens with zero attached hydrogens (tertiary/aromatic N) is 3. The summed E-state index contributed by atoms with van der Waals surface area (Å²) in [5.74, 6) is -1.46. The van der Waals surface area contributed by atoms with E-state index in [-0.39, 0.29) is 49.1 Å². The maximum Gasteiger partial charge on any atom is 0.338 e. The van der Waals surface area contributed by atoms with E-state index < -0.39 is 27.7 Å². The first-order chi connectivity index (χ1) is 21.1. The molecule has 1 saturated carbocycles. The van der Waals surface area contributed by atoms with Crippen LogP contribution in [0.4, 0.5) is 0 Å². The van der Waals surface area contributed by atoms with E-state index in [2.05, 4.69) is 11.7 Å². The summed E-state index contributed by atoms with van der Waals surface area (Å²) in [6.45, 7) is 5.20. The molecule has 0 spiro atoms. The number of rotatable bonds is 7. The minimum absolute atomic E-state index is 0.000710. The third kappa shape index (κ3) is 6.09. The second-order valence-corrected chi connectivity index (χ2v) is 14.7. The summed E-state index contributed by atoms with van der Waals surface area (Å²) in [7, 11) is 3.29. The molecule has 0 radical (unpaired) electrons. The molecular formula is C31H25Cl6N3O5. The molecule has 8 nitrogen and oxygen atoms in total. The van der Waals surface area contributed by atoms with Gasteiger partial charge in [-0.2, -0.15) is 0 Å². The van der Waals surface area contributed by atoms with E-state index in [1.54, 1.807) is 45.4 Å². The van der Waals surface area contributed by atoms with Gasteiger partial charge in [-0.05, 0) is 49.1 Å². The van der Waals surface area contributed by atoms with Gasteiger partial charge in [0.2, 0.25) is 9.70 Å². The van der Waals surface area contributed by atoms with Gasteiger partial charge in [-0.15, -0.1) is 0 Å². The summed E-state index contributed by atoms with van der Waals surface area (Å²) < 4.78 is 10.6. The fourth-order valence-electron chi connectivity index (χ4n) is 5.62. The average molecular weight is 732 g/mol. The van der Waals surface area contributed by atoms with Crippen LogP contribution in [-0.2, 0) is 19.7 Å². The largest absolute Gasteiger partial charge is 0.458 e. The Morgan fingerprint density at radius 3 is 2.31 bits per heavy atom. The van der Waals surface area contributed by atoms with E-state index in [9.17, 15) is 14.4 Å². The fourth-order valence-corrected chi connectivity index (χ4v) is 6.78. The summed E-state index contributed by atoms with van der Waals surface area (Å²) in [6.07, 6.45) is 3.26. The van der Waals surface area contributed by atoms with Crippen LogP contribution in [0.15, 0.2) is 47.6 Å². The Morgan fingerprint density at radius 2 is 1.76 bits per heavy atom. The molecule has 0 bridgehead atoms. The number of ether oxygens (including phenoxy) is 1. The van der Waals surface area contributed by atoms with Gasteiger partial charge in [-0.3, -0.25) is 14.2 Å². The van der Waals surface area contributed by atoms with E-state index in [0.29, 0.717) is 34.9 Å². The molecular weight excluding hydrogens is 707 g/mol. The highest BCUT2D eigenvalue weighted by Crippen LogP contribution is 2.50. The van der Waals surface area contributed by atoms with Crippen LogP contribution in [0.5, 0.6) is 0 Å². The molecule has 0 unspecified atom stereocenters. The van der Waals surface area contributed by atoms with Crippen molar-refractivity contribution in [2.24, 2.45) is 0 Å². The third-order valence-electron chi connectivity index (χ3n) is 7.78. The Kier molecular flexibility index (Phi) is 9.32. The normalized spacial score (nSPS) is 14.2. The molecule has 2 heterocycles. The van der Waals surface area contributed by atoms with Gasteiger partial charge in [0, 0.05) is 36.3 Å². The predicted molar refractivity (Wildman–Crippen MR) is 178 cm³/mol. The van der Waals surface area contributed by atoms with E-state index in [0.717, 1.165) is 6.42 Å². The van der Waals surface area contributed by atoms with Crippen molar-refractivity contribution in [3.8, 4) is 11.3 Å². The van der Waals surface area contributed by atoms with Crippen molar-refractivity contribution in [3.05, 3.63) is 80.6 Å². The monoisotopic (exact) mass is 729 g/mol. The Balaban J connectivity index is 1.70. The number of aromatic nitrogens is 2. The molecule has 2 aromatic heterocycles. The van der Waals surface area contributed by atoms with Crippen LogP contribution >= 0.6 is 69.6 Å². The van der Waals surface area contributed by atoms with E-state index in [1.165, 1.54) is 21.6 Å². The number of hydrogen-bond acceptors (Lipinski definition) is 6. The second-order valence-electron chi connectivity index (χ2n) is 11.0. The number of likely N-dealkylation sites (N-methyl/N-ethyl adjacent to an activating group) is 1. The van der Waals surface area contributed by atoms with Gasteiger partial charge in [0.05, 0.1) is 21.1 Å². The Labute approximate surface area is 288 Å². The van der Waals surface area contributed by atoms with Crippen LogP contribution < -0.4 is 0 Å². The average Bonchev–Trinajstić information content (AvgIpc) is 3.51. The van der Waals surface area contributed by atoms with Crippen LogP contribution in [0.1, 0.15) is 46.5 Å². The summed E-state index contributed by atoms with van der Waals surface area (Å²) in [4.78, 5) is 42.6. The van der Waals surface area contributed by atoms with E-state index in [4.69, 9.17) is 78.9 Å². The number of alkyl halides is 3. The fraction of sp³-hybridized carbons (Fsp3) is 0.290. The van der Waals surface area contributed by atoms with Crippen molar-refractivity contribution in [1.82, 2.24) is 14.6 Å². The van der Waals surface area contributed by atoms with Crippen LogP contribution in [0, 0.1) is 6.92 Å². The Morgan fingerprint density at radius 1 is 1.11 bits per heavy atom. The van der Waals surface area contributed by atoms with Gasteiger partial charge in [-0.25, -0.2) is 4.79 Å². The van der Waals surface area contributed by atoms with Crippen molar-refractivity contribution in [1.29, 1.82) is 0 Å². The van der Waals surface area contributed by atoms with Crippen molar-refractivity contribution in [2.75, 3.05) is 20.7 Å². The zero-order chi connectivity index (χ0) is 33.0. The first-order valence-electron chi connectivity index (χ1n) is 13.5. The molecule has 1 aliphatic rings. The highest BCUT2D eigenvalue weighted by atomic mass is 35.6. The van der Waals surface area contributed by atoms with Crippen LogP contribution in [0.2, 0.25) is 15.1 Å². The predicted octanol–water partition coefficient (Wildman–Crippen LogP) is 8.69. The number of aryl methyl sites for hydroxylation is 1. The number of fused-ring (bicyclic) bond motifs is 1. The standard InChI is InChI=1S/C31H25Cl6N3O5/c1-15-13-40(21-8-5-7-18(22(15)21)16(2)28(42)44-14-31(35,36)37)27(41)24-25(23-19(33)11-17(32)12-20(23)34)38-45-26(24)30(9-6-10-30)29(43)39(3)4/h5,7-8,11-13H,2,6,9-10,14H2,1,3-4H3. The number of esters is 1. The molecule has 14 heteroatoms. The molecule has 45 heavy (non-hydrogen) atoms. The summed E-state index contributed by atoms with van der Waals surface area (Å²) >= 11 is 36.6. The minimum atomic E-state index is -1.80. The van der Waals surface area contributed by atoms with Gasteiger partial charge in [-0.1, -0.05) is 99.9 Å². The highest BCUT2D eigenvalue weighted by Gasteiger charge is 2.53. The smallest absolute Gasteiger partial charge is 0.338 e. The molecule has 0 saturated heterocycles. The zero-order valence-electron chi connectivity index (χ0n) is 24.2. The topological polar surface area (TPSA) is 94.6 Å². The number of halogens is 6. The van der Waals surface area contributed by atoms with Crippen LogP contribution in [-0.4, -0.2) is 56.9 Å². The van der Waals surface area contributed by atoms with E-state index in [1.807, 2.05) is 0 Å². The molecule has 0 N–H and O–H groups in total. The van der Waals surface area contributed by atoms with E-state index >= 15 is 0 Å². The van der Waals surface area contributed by atoms with Gasteiger partial charge < -0.3 is 14.2 Å². The molecule has 1 amide bonds. The van der Waals surface area contributed by atoms with Gasteiger partial charge in [0.15, 0.2) is 5.76 Å². The van der Waals surface area contributed by atoms with Crippen molar-refractivity contribution in [2.45, 2.75) is 35.4 Å². The molecule has 236 valence electrons. The molecule has 2 aromatic carbocycles. The Hall–Kier alpha value is -2.72. The maximum atomic E-state index is 14.7. The molecule has 0 aliphatic heterocycles. The van der Waals surface area contributed by atoms with Crippen molar-refractivity contribution in [3.63, 3.8) is 0 Å². The third-order valence-corrected chi connectivity index (χ3v) is 8.93. The number of carbonyl (C=O) groups excluding carboxylic acids is 3. The lowest BCUT2D eigenvalue weighted by Crippen LogP contribution is -2.49. The minimum Gasteiger partial charge on any atom is -0.458 e. The maximum absolute atomic E-state index is 14.7. The van der Waals surface area contributed by atoms with Gasteiger partial charge >= 0.3 is 5.97 Å².